The van der Waals surface area contributed by atoms with Gasteiger partial charge < -0.3 is 18.9 Å². The number of ether oxygens (including phenoxy) is 2. The van der Waals surface area contributed by atoms with Crippen molar-refractivity contribution in [3.63, 3.8) is 0 Å². The van der Waals surface area contributed by atoms with Crippen LogP contribution >= 0.6 is 11.3 Å². The number of carbonyl (C=O) groups is 1. The molecule has 1 aromatic carbocycles. The fraction of sp³-hybridized carbons (Fsp3) is 0.350. The van der Waals surface area contributed by atoms with E-state index in [0.717, 1.165) is 17.1 Å². The highest BCUT2D eigenvalue weighted by atomic mass is 32.1. The molecule has 0 spiro atoms. The Morgan fingerprint density at radius 1 is 1.29 bits per heavy atom. The number of carbonyl (C=O) groups excluding carboxylic acids is 1. The average molecular weight is 399 g/mol. The van der Waals surface area contributed by atoms with Gasteiger partial charge in [0.15, 0.2) is 5.82 Å². The third-order valence-electron chi connectivity index (χ3n) is 4.82. The summed E-state index contributed by atoms with van der Waals surface area (Å²) in [7, 11) is 3.24. The molecule has 0 radical (unpaired) electrons. The fourth-order valence-electron chi connectivity index (χ4n) is 3.38. The van der Waals surface area contributed by atoms with Crippen molar-refractivity contribution in [2.75, 3.05) is 20.8 Å². The lowest BCUT2D eigenvalue weighted by molar-refractivity contribution is -0.128. The number of nitrogens with zero attached hydrogens (tertiary/aromatic N) is 3. The molecule has 28 heavy (non-hydrogen) atoms. The molecule has 7 nitrogen and oxygen atoms in total. The number of hydrogen-bond acceptors (Lipinski definition) is 7. The van der Waals surface area contributed by atoms with E-state index in [4.69, 9.17) is 14.0 Å². The first-order valence-electron chi connectivity index (χ1n) is 9.00. The fourth-order valence-corrected chi connectivity index (χ4v) is 4.07. The Hall–Kier alpha value is -2.87. The quantitative estimate of drug-likeness (QED) is 0.607. The molecule has 1 aliphatic rings. The predicted molar refractivity (Wildman–Crippen MR) is 104 cm³/mol. The number of amides is 1. The van der Waals surface area contributed by atoms with E-state index >= 15 is 0 Å². The highest BCUT2D eigenvalue weighted by molar-refractivity contribution is 7.09. The minimum Gasteiger partial charge on any atom is -0.497 e. The smallest absolute Gasteiger partial charge is 0.231 e. The molecule has 0 bridgehead atoms. The Morgan fingerprint density at radius 3 is 2.93 bits per heavy atom. The summed E-state index contributed by atoms with van der Waals surface area (Å²) in [4.78, 5) is 20.0. The van der Waals surface area contributed by atoms with Crippen LogP contribution in [0.5, 0.6) is 11.5 Å². The third kappa shape index (κ3) is 3.87. The lowest BCUT2D eigenvalue weighted by Crippen LogP contribution is -2.24. The van der Waals surface area contributed by atoms with Crippen LogP contribution in [0.4, 0.5) is 0 Å². The summed E-state index contributed by atoms with van der Waals surface area (Å²) in [6, 6.07) is 9.62. The Labute approximate surface area is 166 Å². The van der Waals surface area contributed by atoms with Gasteiger partial charge in [-0.1, -0.05) is 11.2 Å². The zero-order valence-electron chi connectivity index (χ0n) is 15.8. The van der Waals surface area contributed by atoms with Gasteiger partial charge in [-0.25, -0.2) is 0 Å². The van der Waals surface area contributed by atoms with Gasteiger partial charge in [-0.3, -0.25) is 4.79 Å². The normalized spacial score (nSPS) is 16.6. The summed E-state index contributed by atoms with van der Waals surface area (Å²) < 4.78 is 16.1. The molecule has 2 aromatic heterocycles. The van der Waals surface area contributed by atoms with Gasteiger partial charge in [-0.05, 0) is 29.6 Å². The van der Waals surface area contributed by atoms with Crippen molar-refractivity contribution in [2.24, 2.45) is 0 Å². The van der Waals surface area contributed by atoms with Crippen LogP contribution in [0.25, 0.3) is 0 Å². The molecule has 0 saturated carbocycles. The maximum absolute atomic E-state index is 12.5. The second kappa shape index (κ2) is 8.02. The van der Waals surface area contributed by atoms with E-state index in [1.165, 1.54) is 4.88 Å². The summed E-state index contributed by atoms with van der Waals surface area (Å²) in [5, 5.41) is 6.13. The van der Waals surface area contributed by atoms with Gasteiger partial charge >= 0.3 is 0 Å². The molecule has 1 atom stereocenters. The Balaban J connectivity index is 1.45. The monoisotopic (exact) mass is 399 g/mol. The maximum atomic E-state index is 12.5. The molecule has 3 aromatic rings. The van der Waals surface area contributed by atoms with Gasteiger partial charge in [0, 0.05) is 35.9 Å². The number of rotatable bonds is 7. The highest BCUT2D eigenvalue weighted by Gasteiger charge is 2.34. The van der Waals surface area contributed by atoms with Crippen LogP contribution in [-0.2, 0) is 17.8 Å². The topological polar surface area (TPSA) is 77.7 Å². The van der Waals surface area contributed by atoms with Gasteiger partial charge in [-0.15, -0.1) is 11.3 Å². The first-order valence-corrected chi connectivity index (χ1v) is 9.87. The Morgan fingerprint density at radius 2 is 2.18 bits per heavy atom. The van der Waals surface area contributed by atoms with Gasteiger partial charge in [0.25, 0.3) is 0 Å². The first-order chi connectivity index (χ1) is 13.7. The van der Waals surface area contributed by atoms with E-state index in [9.17, 15) is 4.79 Å². The number of hydrogen-bond donors (Lipinski definition) is 0. The number of aromatic nitrogens is 2. The number of benzene rings is 1. The zero-order chi connectivity index (χ0) is 19.5. The largest absolute Gasteiger partial charge is 0.497 e. The van der Waals surface area contributed by atoms with E-state index in [-0.39, 0.29) is 11.8 Å². The van der Waals surface area contributed by atoms with E-state index in [2.05, 4.69) is 10.1 Å². The predicted octanol–water partition coefficient (Wildman–Crippen LogP) is 3.26. The van der Waals surface area contributed by atoms with Crippen LogP contribution in [0.2, 0.25) is 0 Å². The molecule has 1 fully saturated rings. The minimum absolute atomic E-state index is 0.0649. The van der Waals surface area contributed by atoms with Crippen LogP contribution in [0.15, 0.2) is 40.2 Å². The van der Waals surface area contributed by atoms with Crippen LogP contribution in [0, 0.1) is 0 Å². The molecule has 4 rings (SSSR count). The summed E-state index contributed by atoms with van der Waals surface area (Å²) in [5.41, 5.74) is 0.905. The summed E-state index contributed by atoms with van der Waals surface area (Å²) in [6.45, 7) is 1.01. The molecule has 1 saturated heterocycles. The lowest BCUT2D eigenvalue weighted by Gasteiger charge is -2.18. The molecular weight excluding hydrogens is 378 g/mol. The molecule has 1 aliphatic heterocycles. The number of thiophene rings is 1. The number of likely N-dealkylation sites (tertiary alicyclic amines) is 1. The SMILES string of the molecule is COc1ccc(OC)c(CN2CC(c3noc(Cc4cccs4)n3)CC2=O)c1. The molecule has 0 N–H and O–H groups in total. The number of methoxy groups -OCH3 is 2. The summed E-state index contributed by atoms with van der Waals surface area (Å²) in [5.74, 6) is 2.65. The van der Waals surface area contributed by atoms with Crippen LogP contribution in [-0.4, -0.2) is 41.7 Å². The summed E-state index contributed by atoms with van der Waals surface area (Å²) >= 11 is 1.66. The molecule has 1 amide bonds. The summed E-state index contributed by atoms with van der Waals surface area (Å²) in [6.07, 6.45) is 1.00. The van der Waals surface area contributed by atoms with E-state index < -0.39 is 0 Å². The Bertz CT molecular complexity index is 954. The molecular formula is C20H21N3O4S. The second-order valence-corrected chi connectivity index (χ2v) is 7.69. The molecule has 1 unspecified atom stereocenters. The van der Waals surface area contributed by atoms with Gasteiger partial charge in [-0.2, -0.15) is 4.98 Å². The van der Waals surface area contributed by atoms with Crippen molar-refractivity contribution < 1.29 is 18.8 Å². The maximum Gasteiger partial charge on any atom is 0.231 e. The van der Waals surface area contributed by atoms with E-state index in [1.807, 2.05) is 35.7 Å². The van der Waals surface area contributed by atoms with Crippen molar-refractivity contribution in [1.29, 1.82) is 0 Å². The van der Waals surface area contributed by atoms with Crippen molar-refractivity contribution >= 4 is 17.2 Å². The average Bonchev–Trinajstić information content (AvgIpc) is 3.45. The zero-order valence-corrected chi connectivity index (χ0v) is 16.6. The van der Waals surface area contributed by atoms with Crippen LogP contribution in [0.3, 0.4) is 0 Å². The molecule has 3 heterocycles. The van der Waals surface area contributed by atoms with Gasteiger partial charge in [0.2, 0.25) is 11.8 Å². The standard InChI is InChI=1S/C20H21N3O4S/c1-25-15-5-6-17(26-2)13(8-15)11-23-12-14(9-19(23)24)20-21-18(27-22-20)10-16-4-3-7-28-16/h3-8,14H,9-12H2,1-2H3. The minimum atomic E-state index is -0.0649. The van der Waals surface area contributed by atoms with Crippen molar-refractivity contribution in [1.82, 2.24) is 15.0 Å². The van der Waals surface area contributed by atoms with Crippen molar-refractivity contribution in [3.8, 4) is 11.5 Å². The van der Waals surface area contributed by atoms with Gasteiger partial charge in [0.1, 0.15) is 11.5 Å². The first kappa shape index (κ1) is 18.5. The molecule has 8 heteroatoms. The highest BCUT2D eigenvalue weighted by Crippen LogP contribution is 2.31. The van der Waals surface area contributed by atoms with Crippen molar-refractivity contribution in [3.05, 3.63) is 57.9 Å². The lowest BCUT2D eigenvalue weighted by atomic mass is 10.1. The van der Waals surface area contributed by atoms with Crippen molar-refractivity contribution in [2.45, 2.75) is 25.3 Å². The molecule has 146 valence electrons. The molecule has 0 aliphatic carbocycles. The third-order valence-corrected chi connectivity index (χ3v) is 5.69. The van der Waals surface area contributed by atoms with Gasteiger partial charge in [0.05, 0.1) is 20.6 Å². The second-order valence-electron chi connectivity index (χ2n) is 6.66. The van der Waals surface area contributed by atoms with E-state index in [1.54, 1.807) is 30.5 Å². The van der Waals surface area contributed by atoms with Crippen LogP contribution in [0.1, 0.15) is 34.5 Å². The Kier molecular flexibility index (Phi) is 5.29. The van der Waals surface area contributed by atoms with Crippen LogP contribution < -0.4 is 9.47 Å². The van der Waals surface area contributed by atoms with E-state index in [0.29, 0.717) is 37.6 Å².